The molecule has 0 amide bonds. The topological polar surface area (TPSA) is 89.5 Å². The van der Waals surface area contributed by atoms with Crippen LogP contribution in [0.3, 0.4) is 0 Å². The van der Waals surface area contributed by atoms with Gasteiger partial charge in [0.1, 0.15) is 0 Å². The molecule has 2 aliphatic rings. The Morgan fingerprint density at radius 1 is 0.933 bits per heavy atom. The molecule has 0 saturated carbocycles. The van der Waals surface area contributed by atoms with Crippen molar-refractivity contribution in [3.8, 4) is 0 Å². The monoisotopic (exact) mass is 230 g/mol. The summed E-state index contributed by atoms with van der Waals surface area (Å²) in [5.41, 5.74) is 0. The van der Waals surface area contributed by atoms with Crippen LogP contribution >= 0.6 is 0 Å². The first-order chi connectivity index (χ1) is 6.11. The molecule has 0 radical (unpaired) electrons. The second-order valence-corrected chi connectivity index (χ2v) is 3.48. The van der Waals surface area contributed by atoms with E-state index < -0.39 is 36.0 Å². The van der Waals surface area contributed by atoms with Gasteiger partial charge < -0.3 is 24.5 Å². The van der Waals surface area contributed by atoms with Gasteiger partial charge in [0.25, 0.3) is 0 Å². The minimum Gasteiger partial charge on any atom is -0.550 e. The Balaban J connectivity index is 0.000000980. The molecule has 2 saturated heterocycles. The summed E-state index contributed by atoms with van der Waals surface area (Å²) in [5.74, 6) is -4.74. The fraction of sp³-hybridized carbons (Fsp3) is 0.750. The SMILES string of the molecule is O=C([O-])[C@@H]1[C@H](C(=O)[O-])[C@H]2CC[C@@H]1O2.[Na+].[Na+]. The van der Waals surface area contributed by atoms with Gasteiger partial charge in [0, 0.05) is 23.8 Å². The van der Waals surface area contributed by atoms with E-state index in [0.29, 0.717) is 12.8 Å². The number of hydrogen-bond donors (Lipinski definition) is 0. The zero-order valence-electron chi connectivity index (χ0n) is 8.76. The summed E-state index contributed by atoms with van der Waals surface area (Å²) >= 11 is 0. The van der Waals surface area contributed by atoms with Gasteiger partial charge in [-0.25, -0.2) is 0 Å². The predicted octanol–water partition coefficient (Wildman–Crippen LogP) is -8.71. The summed E-state index contributed by atoms with van der Waals surface area (Å²) in [7, 11) is 0. The number of carbonyl (C=O) groups is 2. The number of carbonyl (C=O) groups excluding carboxylic acids is 2. The largest absolute Gasteiger partial charge is 1.00 e. The smallest absolute Gasteiger partial charge is 0.550 e. The van der Waals surface area contributed by atoms with Crippen LogP contribution in [0.15, 0.2) is 0 Å². The second kappa shape index (κ2) is 6.00. The molecule has 0 unspecified atom stereocenters. The average molecular weight is 230 g/mol. The molecule has 0 aromatic heterocycles. The molecule has 0 aromatic rings. The van der Waals surface area contributed by atoms with Crippen molar-refractivity contribution in [2.24, 2.45) is 11.8 Å². The van der Waals surface area contributed by atoms with E-state index in [1.54, 1.807) is 0 Å². The van der Waals surface area contributed by atoms with E-state index in [9.17, 15) is 19.8 Å². The van der Waals surface area contributed by atoms with Crippen molar-refractivity contribution in [3.63, 3.8) is 0 Å². The van der Waals surface area contributed by atoms with E-state index in [0.717, 1.165) is 0 Å². The minimum atomic E-state index is -1.35. The molecule has 2 bridgehead atoms. The zero-order chi connectivity index (χ0) is 9.59. The Morgan fingerprint density at radius 3 is 1.53 bits per heavy atom. The third-order valence-corrected chi connectivity index (χ3v) is 2.82. The van der Waals surface area contributed by atoms with Crippen molar-refractivity contribution in [2.45, 2.75) is 25.0 Å². The first-order valence-corrected chi connectivity index (χ1v) is 4.18. The van der Waals surface area contributed by atoms with Crippen LogP contribution in [0.4, 0.5) is 0 Å². The molecular weight excluding hydrogens is 222 g/mol. The molecule has 7 heteroatoms. The Labute approximate surface area is 131 Å². The van der Waals surface area contributed by atoms with E-state index in [1.165, 1.54) is 0 Å². The molecule has 2 heterocycles. The van der Waals surface area contributed by atoms with Crippen LogP contribution in [0, 0.1) is 11.8 Å². The van der Waals surface area contributed by atoms with Crippen molar-refractivity contribution in [2.75, 3.05) is 0 Å². The summed E-state index contributed by atoms with van der Waals surface area (Å²) in [6.45, 7) is 0. The molecule has 5 nitrogen and oxygen atoms in total. The van der Waals surface area contributed by atoms with Crippen LogP contribution in [0.25, 0.3) is 0 Å². The molecule has 15 heavy (non-hydrogen) atoms. The number of carboxylic acid groups (broad SMARTS) is 2. The minimum absolute atomic E-state index is 0. The molecule has 0 aromatic carbocycles. The maximum Gasteiger partial charge on any atom is 1.00 e. The number of hydrogen-bond acceptors (Lipinski definition) is 5. The van der Waals surface area contributed by atoms with Crippen molar-refractivity contribution < 1.29 is 83.7 Å². The average Bonchev–Trinajstić information content (AvgIpc) is 2.60. The quantitative estimate of drug-likeness (QED) is 0.439. The standard InChI is InChI=1S/C8H10O5.2Na/c9-7(10)5-3-1-2-4(13-3)6(5)8(11)12;;/h3-6H,1-2H2,(H,9,10)(H,11,12);;/q;2*+1/p-2/t3-,4+,5-,6+;;. The summed E-state index contributed by atoms with van der Waals surface area (Å²) in [5, 5.41) is 21.2. The fourth-order valence-electron chi connectivity index (χ4n) is 2.28. The van der Waals surface area contributed by atoms with Crippen LogP contribution in [-0.4, -0.2) is 24.1 Å². The van der Waals surface area contributed by atoms with Gasteiger partial charge in [0.2, 0.25) is 0 Å². The zero-order valence-corrected chi connectivity index (χ0v) is 12.8. The molecule has 0 aliphatic carbocycles. The third-order valence-electron chi connectivity index (χ3n) is 2.82. The van der Waals surface area contributed by atoms with E-state index in [4.69, 9.17) is 4.74 Å². The maximum absolute atomic E-state index is 10.6. The van der Waals surface area contributed by atoms with Gasteiger partial charge in [-0.05, 0) is 12.8 Å². The van der Waals surface area contributed by atoms with Crippen molar-refractivity contribution in [3.05, 3.63) is 0 Å². The number of rotatable bonds is 2. The molecule has 2 fully saturated rings. The van der Waals surface area contributed by atoms with Gasteiger partial charge in [-0.15, -0.1) is 0 Å². The fourth-order valence-corrected chi connectivity index (χ4v) is 2.28. The van der Waals surface area contributed by atoms with Gasteiger partial charge in [-0.3, -0.25) is 0 Å². The van der Waals surface area contributed by atoms with E-state index >= 15 is 0 Å². The van der Waals surface area contributed by atoms with E-state index in [2.05, 4.69) is 0 Å². The van der Waals surface area contributed by atoms with E-state index in [1.807, 2.05) is 0 Å². The van der Waals surface area contributed by atoms with Gasteiger partial charge in [-0.2, -0.15) is 0 Å². The van der Waals surface area contributed by atoms with Gasteiger partial charge in [-0.1, -0.05) is 0 Å². The molecule has 2 aliphatic heterocycles. The molecular formula is C8H8Na2O5. The second-order valence-electron chi connectivity index (χ2n) is 3.48. The molecule has 72 valence electrons. The van der Waals surface area contributed by atoms with Crippen LogP contribution < -0.4 is 69.3 Å². The molecule has 0 N–H and O–H groups in total. The van der Waals surface area contributed by atoms with Gasteiger partial charge >= 0.3 is 59.1 Å². The number of carboxylic acids is 2. The normalized spacial score (nSPS) is 36.5. The number of fused-ring (bicyclic) bond motifs is 2. The molecule has 2 rings (SSSR count). The summed E-state index contributed by atoms with van der Waals surface area (Å²) in [6.07, 6.45) is 0.232. The van der Waals surface area contributed by atoms with Crippen LogP contribution in [0.2, 0.25) is 0 Å². The Morgan fingerprint density at radius 2 is 1.27 bits per heavy atom. The van der Waals surface area contributed by atoms with Crippen molar-refractivity contribution in [1.29, 1.82) is 0 Å². The Bertz CT molecular complexity index is 244. The van der Waals surface area contributed by atoms with Gasteiger partial charge in [0.05, 0.1) is 12.2 Å². The number of aliphatic carboxylic acids is 2. The summed E-state index contributed by atoms with van der Waals surface area (Å²) in [6, 6.07) is 0. The van der Waals surface area contributed by atoms with Gasteiger partial charge in [0.15, 0.2) is 0 Å². The Kier molecular flexibility index (Phi) is 6.36. The van der Waals surface area contributed by atoms with Crippen LogP contribution in [-0.2, 0) is 14.3 Å². The maximum atomic E-state index is 10.6. The molecule has 0 spiro atoms. The summed E-state index contributed by atoms with van der Waals surface area (Å²) < 4.78 is 5.18. The number of ether oxygens (including phenoxy) is 1. The predicted molar refractivity (Wildman–Crippen MR) is 34.9 cm³/mol. The first-order valence-electron chi connectivity index (χ1n) is 4.18. The van der Waals surface area contributed by atoms with Crippen LogP contribution in [0.1, 0.15) is 12.8 Å². The Hall–Kier alpha value is 0.900. The van der Waals surface area contributed by atoms with Crippen molar-refractivity contribution in [1.82, 2.24) is 0 Å². The molecule has 4 atom stereocenters. The van der Waals surface area contributed by atoms with Crippen molar-refractivity contribution >= 4 is 11.9 Å². The van der Waals surface area contributed by atoms with Crippen LogP contribution in [0.5, 0.6) is 0 Å². The summed E-state index contributed by atoms with van der Waals surface area (Å²) in [4.78, 5) is 21.2. The van der Waals surface area contributed by atoms with E-state index in [-0.39, 0.29) is 59.1 Å². The first kappa shape index (κ1) is 15.9. The third kappa shape index (κ3) is 2.77.